The number of rotatable bonds is 9. The summed E-state index contributed by atoms with van der Waals surface area (Å²) >= 11 is 0. The first-order valence-electron chi connectivity index (χ1n) is 7.94. The standard InChI is InChI=1S/C14H28N2O4S/c1-3-5-10-15(11-6-4-2)21(19,20)16-12-8-7-9-13(16)14(17)18/h13H,3-12H2,1-2H3,(H,17,18). The molecule has 1 aliphatic heterocycles. The van der Waals surface area contributed by atoms with Crippen LogP contribution in [-0.4, -0.2) is 53.8 Å². The SMILES string of the molecule is CCCCN(CCCC)S(=O)(=O)N1CCCCC1C(=O)O. The largest absolute Gasteiger partial charge is 0.480 e. The molecule has 1 unspecified atom stereocenters. The first-order chi connectivity index (χ1) is 9.95. The van der Waals surface area contributed by atoms with E-state index in [4.69, 9.17) is 0 Å². The van der Waals surface area contributed by atoms with Crippen molar-refractivity contribution in [1.29, 1.82) is 0 Å². The summed E-state index contributed by atoms with van der Waals surface area (Å²) in [5.41, 5.74) is 0. The van der Waals surface area contributed by atoms with E-state index in [0.717, 1.165) is 38.5 Å². The van der Waals surface area contributed by atoms with Crippen molar-refractivity contribution in [1.82, 2.24) is 8.61 Å². The molecule has 0 aliphatic carbocycles. The molecule has 1 heterocycles. The molecule has 0 aromatic heterocycles. The molecule has 0 radical (unpaired) electrons. The summed E-state index contributed by atoms with van der Waals surface area (Å²) < 4.78 is 28.3. The summed E-state index contributed by atoms with van der Waals surface area (Å²) in [5, 5.41) is 9.28. The number of piperidine rings is 1. The third kappa shape index (κ3) is 4.93. The van der Waals surface area contributed by atoms with E-state index in [9.17, 15) is 18.3 Å². The van der Waals surface area contributed by atoms with E-state index in [1.165, 1.54) is 8.61 Å². The van der Waals surface area contributed by atoms with Crippen LogP contribution < -0.4 is 0 Å². The maximum Gasteiger partial charge on any atom is 0.322 e. The second kappa shape index (κ2) is 8.70. The highest BCUT2D eigenvalue weighted by Crippen LogP contribution is 2.23. The molecule has 0 aromatic rings. The molecule has 1 fully saturated rings. The number of carboxylic acid groups (broad SMARTS) is 1. The van der Waals surface area contributed by atoms with Gasteiger partial charge >= 0.3 is 5.97 Å². The molecule has 0 spiro atoms. The molecule has 6 nitrogen and oxygen atoms in total. The van der Waals surface area contributed by atoms with Crippen LogP contribution >= 0.6 is 0 Å². The van der Waals surface area contributed by atoms with Crippen LogP contribution in [0.5, 0.6) is 0 Å². The van der Waals surface area contributed by atoms with E-state index in [0.29, 0.717) is 26.1 Å². The molecular formula is C14H28N2O4S. The Hall–Kier alpha value is -0.660. The zero-order valence-electron chi connectivity index (χ0n) is 13.1. The van der Waals surface area contributed by atoms with Gasteiger partial charge < -0.3 is 5.11 Å². The lowest BCUT2D eigenvalue weighted by molar-refractivity contribution is -0.142. The van der Waals surface area contributed by atoms with Gasteiger partial charge in [0.25, 0.3) is 10.2 Å². The Kier molecular flexibility index (Phi) is 7.62. The molecular weight excluding hydrogens is 292 g/mol. The van der Waals surface area contributed by atoms with Crippen LogP contribution in [0.15, 0.2) is 0 Å². The molecule has 1 aliphatic rings. The van der Waals surface area contributed by atoms with Crippen molar-refractivity contribution >= 4 is 16.2 Å². The molecule has 0 bridgehead atoms. The van der Waals surface area contributed by atoms with Crippen molar-refractivity contribution in [2.75, 3.05) is 19.6 Å². The van der Waals surface area contributed by atoms with E-state index in [2.05, 4.69) is 0 Å². The molecule has 0 aromatic carbocycles. The van der Waals surface area contributed by atoms with Crippen LogP contribution in [0, 0.1) is 0 Å². The Bertz CT molecular complexity index is 417. The number of nitrogens with zero attached hydrogens (tertiary/aromatic N) is 2. The average molecular weight is 320 g/mol. The van der Waals surface area contributed by atoms with E-state index >= 15 is 0 Å². The predicted octanol–water partition coefficient (Wildman–Crippen LogP) is 2.07. The molecule has 1 N–H and O–H groups in total. The predicted molar refractivity (Wildman–Crippen MR) is 82.3 cm³/mol. The van der Waals surface area contributed by atoms with Gasteiger partial charge in [-0.2, -0.15) is 17.0 Å². The minimum Gasteiger partial charge on any atom is -0.480 e. The van der Waals surface area contributed by atoms with Gasteiger partial charge in [0.1, 0.15) is 6.04 Å². The number of unbranched alkanes of at least 4 members (excludes halogenated alkanes) is 2. The minimum atomic E-state index is -3.68. The van der Waals surface area contributed by atoms with E-state index in [1.807, 2.05) is 13.8 Å². The van der Waals surface area contributed by atoms with Gasteiger partial charge in [0.15, 0.2) is 0 Å². The summed E-state index contributed by atoms with van der Waals surface area (Å²) in [5.74, 6) is -1.04. The van der Waals surface area contributed by atoms with E-state index in [-0.39, 0.29) is 0 Å². The van der Waals surface area contributed by atoms with Gasteiger partial charge in [-0.25, -0.2) is 0 Å². The molecule has 21 heavy (non-hydrogen) atoms. The zero-order valence-corrected chi connectivity index (χ0v) is 13.9. The fourth-order valence-electron chi connectivity index (χ4n) is 2.59. The average Bonchev–Trinajstić information content (AvgIpc) is 2.47. The van der Waals surface area contributed by atoms with Crippen LogP contribution in [0.2, 0.25) is 0 Å². The lowest BCUT2D eigenvalue weighted by atomic mass is 10.1. The van der Waals surface area contributed by atoms with Crippen molar-refractivity contribution < 1.29 is 18.3 Å². The Balaban J connectivity index is 2.92. The zero-order chi connectivity index (χ0) is 15.9. The van der Waals surface area contributed by atoms with Gasteiger partial charge in [-0.1, -0.05) is 26.7 Å². The molecule has 1 saturated heterocycles. The van der Waals surface area contributed by atoms with Gasteiger partial charge in [-0.3, -0.25) is 4.79 Å². The van der Waals surface area contributed by atoms with Gasteiger partial charge in [-0.15, -0.1) is 0 Å². The summed E-state index contributed by atoms with van der Waals surface area (Å²) in [7, 11) is -3.68. The van der Waals surface area contributed by atoms with Crippen LogP contribution in [0.1, 0.15) is 58.8 Å². The van der Waals surface area contributed by atoms with Crippen molar-refractivity contribution in [2.24, 2.45) is 0 Å². The van der Waals surface area contributed by atoms with Crippen LogP contribution in [0.25, 0.3) is 0 Å². The first-order valence-corrected chi connectivity index (χ1v) is 9.34. The summed E-state index contributed by atoms with van der Waals surface area (Å²) in [4.78, 5) is 11.3. The molecule has 1 rings (SSSR count). The van der Waals surface area contributed by atoms with Gasteiger partial charge in [0, 0.05) is 19.6 Å². The Labute approximate surface area is 128 Å². The lowest BCUT2D eigenvalue weighted by Gasteiger charge is -2.36. The van der Waals surface area contributed by atoms with Crippen molar-refractivity contribution in [3.05, 3.63) is 0 Å². The molecule has 0 saturated carbocycles. The summed E-state index contributed by atoms with van der Waals surface area (Å²) in [6.45, 7) is 5.30. The molecule has 1 atom stereocenters. The van der Waals surface area contributed by atoms with E-state index < -0.39 is 22.2 Å². The minimum absolute atomic E-state index is 0.314. The molecule has 7 heteroatoms. The van der Waals surface area contributed by atoms with Crippen molar-refractivity contribution in [2.45, 2.75) is 64.8 Å². The van der Waals surface area contributed by atoms with Crippen molar-refractivity contribution in [3.8, 4) is 0 Å². The van der Waals surface area contributed by atoms with Crippen LogP contribution in [0.4, 0.5) is 0 Å². The topological polar surface area (TPSA) is 77.9 Å². The number of carboxylic acids is 1. The molecule has 124 valence electrons. The third-order valence-corrected chi connectivity index (χ3v) is 5.93. The maximum atomic E-state index is 12.8. The van der Waals surface area contributed by atoms with Crippen LogP contribution in [0.3, 0.4) is 0 Å². The highest BCUT2D eigenvalue weighted by Gasteiger charge is 2.39. The highest BCUT2D eigenvalue weighted by molar-refractivity contribution is 7.86. The number of hydrogen-bond donors (Lipinski definition) is 1. The lowest BCUT2D eigenvalue weighted by Crippen LogP contribution is -2.53. The quantitative estimate of drug-likeness (QED) is 0.705. The summed E-state index contributed by atoms with van der Waals surface area (Å²) in [6.07, 6.45) is 5.35. The Morgan fingerprint density at radius 3 is 2.24 bits per heavy atom. The Morgan fingerprint density at radius 2 is 1.76 bits per heavy atom. The maximum absolute atomic E-state index is 12.8. The second-order valence-electron chi connectivity index (χ2n) is 5.57. The van der Waals surface area contributed by atoms with Crippen LogP contribution in [-0.2, 0) is 15.0 Å². The van der Waals surface area contributed by atoms with Gasteiger partial charge in [-0.05, 0) is 32.1 Å². The van der Waals surface area contributed by atoms with Crippen molar-refractivity contribution in [3.63, 3.8) is 0 Å². The van der Waals surface area contributed by atoms with E-state index in [1.54, 1.807) is 0 Å². The number of hydrogen-bond acceptors (Lipinski definition) is 3. The summed E-state index contributed by atoms with van der Waals surface area (Å²) in [6, 6.07) is -0.908. The Morgan fingerprint density at radius 1 is 1.19 bits per heavy atom. The van der Waals surface area contributed by atoms with Gasteiger partial charge in [0.05, 0.1) is 0 Å². The fraction of sp³-hybridized carbons (Fsp3) is 0.929. The second-order valence-corrected chi connectivity index (χ2v) is 7.46. The highest BCUT2D eigenvalue weighted by atomic mass is 32.2. The third-order valence-electron chi connectivity index (χ3n) is 3.88. The smallest absolute Gasteiger partial charge is 0.322 e. The van der Waals surface area contributed by atoms with Gasteiger partial charge in [0.2, 0.25) is 0 Å². The normalized spacial score (nSPS) is 20.8. The first kappa shape index (κ1) is 18.4. The number of aliphatic carboxylic acids is 1. The molecule has 0 amide bonds. The fourth-order valence-corrected chi connectivity index (χ4v) is 4.48. The number of carbonyl (C=O) groups is 1. The monoisotopic (exact) mass is 320 g/mol.